The first-order valence-corrected chi connectivity index (χ1v) is 8.57. The Kier molecular flexibility index (Phi) is 4.89. The van der Waals surface area contributed by atoms with Crippen molar-refractivity contribution in [3.63, 3.8) is 0 Å². The summed E-state index contributed by atoms with van der Waals surface area (Å²) < 4.78 is 10.6. The quantitative estimate of drug-likeness (QED) is 0.830. The fourth-order valence-electron chi connectivity index (χ4n) is 2.58. The van der Waals surface area contributed by atoms with Crippen molar-refractivity contribution >= 4 is 17.7 Å². The van der Waals surface area contributed by atoms with Gasteiger partial charge in [0, 0.05) is 6.20 Å². The van der Waals surface area contributed by atoms with E-state index >= 15 is 0 Å². The average Bonchev–Trinajstić information content (AvgIpc) is 2.97. The number of hydrogen-bond donors (Lipinski definition) is 0. The zero-order valence-electron chi connectivity index (χ0n) is 13.9. The number of carbonyl (C=O) groups is 1. The second kappa shape index (κ2) is 7.09. The van der Waals surface area contributed by atoms with E-state index in [2.05, 4.69) is 9.97 Å². The smallest absolute Gasteiger partial charge is 0.234 e. The molecule has 1 unspecified atom stereocenters. The van der Waals surface area contributed by atoms with Gasteiger partial charge in [0.2, 0.25) is 5.91 Å². The molecule has 2 aromatic rings. The van der Waals surface area contributed by atoms with Crippen molar-refractivity contribution < 1.29 is 14.3 Å². The summed E-state index contributed by atoms with van der Waals surface area (Å²) in [5.74, 6) is 1.89. The summed E-state index contributed by atoms with van der Waals surface area (Å²) in [6.07, 6.45) is 3.44. The van der Waals surface area contributed by atoms with Crippen LogP contribution < -0.4 is 9.47 Å². The summed E-state index contributed by atoms with van der Waals surface area (Å²) in [5.41, 5.74) is 2.64. The topological polar surface area (TPSA) is 64.5 Å². The van der Waals surface area contributed by atoms with Crippen molar-refractivity contribution in [1.82, 2.24) is 14.9 Å². The molecule has 24 heavy (non-hydrogen) atoms. The maximum absolute atomic E-state index is 12.3. The minimum Gasteiger partial charge on any atom is -0.493 e. The third kappa shape index (κ3) is 3.31. The maximum Gasteiger partial charge on any atom is 0.234 e. The molecule has 0 aliphatic carbocycles. The summed E-state index contributed by atoms with van der Waals surface area (Å²) in [6.45, 7) is 2.33. The van der Waals surface area contributed by atoms with Crippen LogP contribution in [-0.2, 0) is 11.3 Å². The van der Waals surface area contributed by atoms with Crippen LogP contribution in [0.15, 0.2) is 30.6 Å². The van der Waals surface area contributed by atoms with E-state index in [9.17, 15) is 4.79 Å². The average molecular weight is 345 g/mol. The number of benzene rings is 1. The third-order valence-corrected chi connectivity index (χ3v) is 5.08. The van der Waals surface area contributed by atoms with Crippen LogP contribution in [0, 0.1) is 6.92 Å². The Balaban J connectivity index is 1.86. The van der Waals surface area contributed by atoms with E-state index in [1.54, 1.807) is 38.4 Å². The van der Waals surface area contributed by atoms with E-state index in [4.69, 9.17) is 9.47 Å². The zero-order chi connectivity index (χ0) is 17.1. The first-order valence-electron chi connectivity index (χ1n) is 7.53. The molecule has 1 aromatic heterocycles. The normalized spacial score (nSPS) is 17.2. The molecule has 0 radical (unpaired) electrons. The number of ether oxygens (including phenoxy) is 2. The molecule has 0 N–H and O–H groups in total. The third-order valence-electron chi connectivity index (χ3n) is 3.83. The number of aromatic nitrogens is 2. The van der Waals surface area contributed by atoms with Crippen molar-refractivity contribution in [1.29, 1.82) is 0 Å². The van der Waals surface area contributed by atoms with E-state index in [0.29, 0.717) is 23.8 Å². The SMILES string of the molecule is COc1ccc(C2SCC(=O)N2Cc2cnc(C)cn2)cc1OC. The highest BCUT2D eigenvalue weighted by Crippen LogP contribution is 2.42. The number of thioether (sulfide) groups is 1. The molecular formula is C17H19N3O3S. The second-order valence-electron chi connectivity index (χ2n) is 5.45. The number of methoxy groups -OCH3 is 2. The fraction of sp³-hybridized carbons (Fsp3) is 0.353. The molecule has 1 fully saturated rings. The largest absolute Gasteiger partial charge is 0.493 e. The maximum atomic E-state index is 12.3. The van der Waals surface area contributed by atoms with Gasteiger partial charge in [-0.3, -0.25) is 14.8 Å². The zero-order valence-corrected chi connectivity index (χ0v) is 14.7. The van der Waals surface area contributed by atoms with Gasteiger partial charge in [0.15, 0.2) is 11.5 Å². The van der Waals surface area contributed by atoms with Gasteiger partial charge in [0.25, 0.3) is 0 Å². The molecule has 0 bridgehead atoms. The lowest BCUT2D eigenvalue weighted by atomic mass is 10.1. The van der Waals surface area contributed by atoms with Crippen LogP contribution in [0.3, 0.4) is 0 Å². The molecule has 1 aliphatic rings. The van der Waals surface area contributed by atoms with Crippen LogP contribution in [0.4, 0.5) is 0 Å². The lowest BCUT2D eigenvalue weighted by Crippen LogP contribution is -2.28. The Hall–Kier alpha value is -2.28. The van der Waals surface area contributed by atoms with E-state index < -0.39 is 0 Å². The summed E-state index contributed by atoms with van der Waals surface area (Å²) in [6, 6.07) is 5.75. The number of carbonyl (C=O) groups excluding carboxylic acids is 1. The Bertz CT molecular complexity index is 736. The predicted octanol–water partition coefficient (Wildman–Crippen LogP) is 2.58. The van der Waals surface area contributed by atoms with Crippen LogP contribution >= 0.6 is 11.8 Å². The molecule has 1 atom stereocenters. The van der Waals surface area contributed by atoms with Gasteiger partial charge >= 0.3 is 0 Å². The molecule has 0 spiro atoms. The monoisotopic (exact) mass is 345 g/mol. The Morgan fingerprint density at radius 3 is 2.67 bits per heavy atom. The Morgan fingerprint density at radius 1 is 1.21 bits per heavy atom. The van der Waals surface area contributed by atoms with Crippen molar-refractivity contribution in [2.24, 2.45) is 0 Å². The summed E-state index contributed by atoms with van der Waals surface area (Å²) in [4.78, 5) is 22.7. The second-order valence-corrected chi connectivity index (χ2v) is 6.52. The van der Waals surface area contributed by atoms with Gasteiger partial charge in [-0.15, -0.1) is 11.8 Å². The number of aryl methyl sites for hydroxylation is 1. The molecule has 2 heterocycles. The van der Waals surface area contributed by atoms with Crippen LogP contribution in [-0.4, -0.2) is 40.7 Å². The standard InChI is InChI=1S/C17H19N3O3S/c1-11-7-19-13(8-18-11)9-20-16(21)10-24-17(20)12-4-5-14(22-2)15(6-12)23-3/h4-8,17H,9-10H2,1-3H3. The van der Waals surface area contributed by atoms with Gasteiger partial charge < -0.3 is 14.4 Å². The molecule has 6 nitrogen and oxygen atoms in total. The number of amides is 1. The van der Waals surface area contributed by atoms with E-state index in [-0.39, 0.29) is 11.3 Å². The highest BCUT2D eigenvalue weighted by Gasteiger charge is 2.33. The summed E-state index contributed by atoms with van der Waals surface area (Å²) >= 11 is 1.60. The lowest BCUT2D eigenvalue weighted by Gasteiger charge is -2.24. The molecule has 7 heteroatoms. The minimum absolute atomic E-state index is 0.0691. The molecule has 0 saturated carbocycles. The van der Waals surface area contributed by atoms with Crippen molar-refractivity contribution in [2.45, 2.75) is 18.8 Å². The first kappa shape index (κ1) is 16.6. The molecule has 1 amide bonds. The summed E-state index contributed by atoms with van der Waals surface area (Å²) in [5, 5.41) is -0.0691. The van der Waals surface area contributed by atoms with Gasteiger partial charge in [0.05, 0.1) is 44.1 Å². The Labute approximate surface area is 145 Å². The number of hydrogen-bond acceptors (Lipinski definition) is 6. The first-order chi connectivity index (χ1) is 11.6. The number of rotatable bonds is 5. The van der Waals surface area contributed by atoms with E-state index in [0.717, 1.165) is 17.0 Å². The highest BCUT2D eigenvalue weighted by atomic mass is 32.2. The lowest BCUT2D eigenvalue weighted by molar-refractivity contribution is -0.128. The van der Waals surface area contributed by atoms with Gasteiger partial charge in [0.1, 0.15) is 5.37 Å². The number of nitrogens with zero attached hydrogens (tertiary/aromatic N) is 3. The van der Waals surface area contributed by atoms with Crippen LogP contribution in [0.2, 0.25) is 0 Å². The highest BCUT2D eigenvalue weighted by molar-refractivity contribution is 8.00. The van der Waals surface area contributed by atoms with Crippen molar-refractivity contribution in [3.8, 4) is 11.5 Å². The van der Waals surface area contributed by atoms with Gasteiger partial charge in [-0.1, -0.05) is 6.07 Å². The molecule has 1 aliphatic heterocycles. The minimum atomic E-state index is -0.0691. The van der Waals surface area contributed by atoms with Crippen LogP contribution in [0.1, 0.15) is 22.3 Å². The molecular weight excluding hydrogens is 326 g/mol. The van der Waals surface area contributed by atoms with Gasteiger partial charge in [-0.2, -0.15) is 0 Å². The fourth-order valence-corrected chi connectivity index (χ4v) is 3.76. The van der Waals surface area contributed by atoms with Crippen molar-refractivity contribution in [3.05, 3.63) is 47.5 Å². The molecule has 1 aromatic carbocycles. The summed E-state index contributed by atoms with van der Waals surface area (Å²) in [7, 11) is 3.21. The molecule has 1 saturated heterocycles. The predicted molar refractivity (Wildman–Crippen MR) is 92.1 cm³/mol. The molecule has 3 rings (SSSR count). The molecule has 126 valence electrons. The van der Waals surface area contributed by atoms with Crippen molar-refractivity contribution in [2.75, 3.05) is 20.0 Å². The van der Waals surface area contributed by atoms with E-state index in [1.165, 1.54) is 0 Å². The van der Waals surface area contributed by atoms with Gasteiger partial charge in [-0.25, -0.2) is 0 Å². The van der Waals surface area contributed by atoms with Crippen LogP contribution in [0.5, 0.6) is 11.5 Å². The van der Waals surface area contributed by atoms with E-state index in [1.807, 2.05) is 30.0 Å². The Morgan fingerprint density at radius 2 is 2.00 bits per heavy atom. The van der Waals surface area contributed by atoms with Crippen LogP contribution in [0.25, 0.3) is 0 Å². The van der Waals surface area contributed by atoms with Gasteiger partial charge in [-0.05, 0) is 24.6 Å².